The monoisotopic (exact) mass is 258 g/mol. The van der Waals surface area contributed by atoms with Crippen molar-refractivity contribution >= 4 is 11.6 Å². The average molecular weight is 258 g/mol. The second kappa shape index (κ2) is 4.87. The van der Waals surface area contributed by atoms with E-state index in [0.29, 0.717) is 6.04 Å². The topological polar surface area (TPSA) is 41.1 Å². The largest absolute Gasteiger partial charge is 0.387 e. The van der Waals surface area contributed by atoms with Crippen molar-refractivity contribution in [1.29, 1.82) is 0 Å². The molecule has 1 amide bonds. The van der Waals surface area contributed by atoms with Gasteiger partial charge in [0, 0.05) is 18.8 Å². The number of benzene rings is 1. The van der Waals surface area contributed by atoms with Crippen LogP contribution in [0, 0.1) is 18.8 Å². The highest BCUT2D eigenvalue weighted by Crippen LogP contribution is 2.44. The van der Waals surface area contributed by atoms with E-state index < -0.39 is 0 Å². The summed E-state index contributed by atoms with van der Waals surface area (Å²) in [6.07, 6.45) is 5.14. The molecule has 2 N–H and O–H groups in total. The van der Waals surface area contributed by atoms with Crippen molar-refractivity contribution < 1.29 is 4.79 Å². The van der Waals surface area contributed by atoms with Crippen LogP contribution in [-0.2, 0) is 0 Å². The molecule has 0 spiro atoms. The molecule has 2 aliphatic carbocycles. The molecule has 2 aliphatic rings. The molecule has 0 aromatic heterocycles. The van der Waals surface area contributed by atoms with Crippen molar-refractivity contribution in [2.75, 3.05) is 12.4 Å². The molecule has 1 aromatic carbocycles. The van der Waals surface area contributed by atoms with Gasteiger partial charge in [-0.1, -0.05) is 11.6 Å². The Bertz CT molecular complexity index is 478. The fourth-order valence-electron chi connectivity index (χ4n) is 2.82. The van der Waals surface area contributed by atoms with Gasteiger partial charge in [0.2, 0.25) is 0 Å². The zero-order valence-electron chi connectivity index (χ0n) is 11.7. The summed E-state index contributed by atoms with van der Waals surface area (Å²) >= 11 is 0. The first-order valence-electron chi connectivity index (χ1n) is 7.28. The predicted molar refractivity (Wildman–Crippen MR) is 77.4 cm³/mol. The SMILES string of the molecule is CNc1ccc(C)cc1C(=O)NC(C1CC1)C1CC1. The summed E-state index contributed by atoms with van der Waals surface area (Å²) in [5.74, 6) is 1.55. The highest BCUT2D eigenvalue weighted by molar-refractivity contribution is 6.00. The molecule has 3 heteroatoms. The van der Waals surface area contributed by atoms with Gasteiger partial charge >= 0.3 is 0 Å². The highest BCUT2D eigenvalue weighted by atomic mass is 16.1. The van der Waals surface area contributed by atoms with E-state index in [1.54, 1.807) is 0 Å². The minimum atomic E-state index is 0.0804. The quantitative estimate of drug-likeness (QED) is 0.852. The predicted octanol–water partition coefficient (Wildman–Crippen LogP) is 2.96. The number of nitrogens with one attached hydrogen (secondary N) is 2. The molecule has 19 heavy (non-hydrogen) atoms. The molecule has 2 saturated carbocycles. The summed E-state index contributed by atoms with van der Waals surface area (Å²) in [5, 5.41) is 6.39. The van der Waals surface area contributed by atoms with E-state index in [9.17, 15) is 4.79 Å². The molecule has 0 aliphatic heterocycles. The molecule has 3 rings (SSSR count). The van der Waals surface area contributed by atoms with Gasteiger partial charge in [0.15, 0.2) is 0 Å². The minimum Gasteiger partial charge on any atom is -0.387 e. The number of hydrogen-bond acceptors (Lipinski definition) is 2. The van der Waals surface area contributed by atoms with Gasteiger partial charge in [-0.15, -0.1) is 0 Å². The fourth-order valence-corrected chi connectivity index (χ4v) is 2.82. The van der Waals surface area contributed by atoms with Gasteiger partial charge in [-0.05, 0) is 56.6 Å². The van der Waals surface area contributed by atoms with Crippen molar-refractivity contribution in [3.63, 3.8) is 0 Å². The van der Waals surface area contributed by atoms with Crippen molar-refractivity contribution in [1.82, 2.24) is 5.32 Å². The molecular weight excluding hydrogens is 236 g/mol. The Morgan fingerprint density at radius 3 is 2.37 bits per heavy atom. The third-order valence-corrected chi connectivity index (χ3v) is 4.25. The van der Waals surface area contributed by atoms with Crippen LogP contribution >= 0.6 is 0 Å². The Morgan fingerprint density at radius 1 is 1.21 bits per heavy atom. The van der Waals surface area contributed by atoms with E-state index in [1.807, 2.05) is 32.2 Å². The minimum absolute atomic E-state index is 0.0804. The molecule has 0 heterocycles. The fraction of sp³-hybridized carbons (Fsp3) is 0.562. The molecule has 1 aromatic rings. The number of carbonyl (C=O) groups is 1. The lowest BCUT2D eigenvalue weighted by atomic mass is 10.0. The van der Waals surface area contributed by atoms with Crippen LogP contribution in [0.25, 0.3) is 0 Å². The van der Waals surface area contributed by atoms with Crippen LogP contribution in [-0.4, -0.2) is 19.0 Å². The number of aryl methyl sites for hydroxylation is 1. The van der Waals surface area contributed by atoms with Gasteiger partial charge < -0.3 is 10.6 Å². The number of anilines is 1. The zero-order valence-corrected chi connectivity index (χ0v) is 11.7. The Balaban J connectivity index is 1.77. The van der Waals surface area contributed by atoms with Crippen molar-refractivity contribution in [2.24, 2.45) is 11.8 Å². The summed E-state index contributed by atoms with van der Waals surface area (Å²) in [6, 6.07) is 6.39. The Morgan fingerprint density at radius 2 is 1.84 bits per heavy atom. The van der Waals surface area contributed by atoms with Gasteiger partial charge in [0.25, 0.3) is 5.91 Å². The van der Waals surface area contributed by atoms with E-state index in [0.717, 1.165) is 28.7 Å². The first-order chi connectivity index (χ1) is 9.19. The van der Waals surface area contributed by atoms with E-state index in [1.165, 1.54) is 25.7 Å². The summed E-state index contributed by atoms with van der Waals surface area (Å²) in [7, 11) is 1.86. The molecule has 0 bridgehead atoms. The van der Waals surface area contributed by atoms with Crippen molar-refractivity contribution in [3.05, 3.63) is 29.3 Å². The standard InChI is InChI=1S/C16H22N2O/c1-10-3-8-14(17-2)13(9-10)16(19)18-15(11-4-5-11)12-6-7-12/h3,8-9,11-12,15,17H,4-7H2,1-2H3,(H,18,19). The lowest BCUT2D eigenvalue weighted by Gasteiger charge is -2.19. The number of amides is 1. The Hall–Kier alpha value is -1.51. The third-order valence-electron chi connectivity index (χ3n) is 4.25. The van der Waals surface area contributed by atoms with Crippen LogP contribution in [0.1, 0.15) is 41.6 Å². The zero-order chi connectivity index (χ0) is 13.4. The average Bonchev–Trinajstić information content (AvgIpc) is 3.29. The maximum absolute atomic E-state index is 12.5. The van der Waals surface area contributed by atoms with Gasteiger partial charge in [0.05, 0.1) is 5.56 Å². The van der Waals surface area contributed by atoms with Crippen LogP contribution in [0.15, 0.2) is 18.2 Å². The van der Waals surface area contributed by atoms with E-state index in [2.05, 4.69) is 10.6 Å². The second-order valence-corrected chi connectivity index (χ2v) is 5.97. The number of carbonyl (C=O) groups excluding carboxylic acids is 1. The number of hydrogen-bond donors (Lipinski definition) is 2. The van der Waals surface area contributed by atoms with E-state index in [4.69, 9.17) is 0 Å². The number of rotatable bonds is 5. The van der Waals surface area contributed by atoms with Crippen LogP contribution in [0.4, 0.5) is 5.69 Å². The molecule has 0 radical (unpaired) electrons. The highest BCUT2D eigenvalue weighted by Gasteiger charge is 2.42. The maximum atomic E-state index is 12.5. The van der Waals surface area contributed by atoms with Gasteiger partial charge in [-0.2, -0.15) is 0 Å². The summed E-state index contributed by atoms with van der Waals surface area (Å²) in [5.41, 5.74) is 2.81. The molecule has 102 valence electrons. The van der Waals surface area contributed by atoms with Crippen LogP contribution in [0.3, 0.4) is 0 Å². The third kappa shape index (κ3) is 2.75. The Labute approximate surface area is 114 Å². The van der Waals surface area contributed by atoms with Crippen LogP contribution in [0.5, 0.6) is 0 Å². The summed E-state index contributed by atoms with van der Waals surface area (Å²) in [6.45, 7) is 2.02. The summed E-state index contributed by atoms with van der Waals surface area (Å²) in [4.78, 5) is 12.5. The molecule has 0 unspecified atom stereocenters. The molecule has 0 saturated heterocycles. The van der Waals surface area contributed by atoms with E-state index >= 15 is 0 Å². The van der Waals surface area contributed by atoms with Gasteiger partial charge in [-0.25, -0.2) is 0 Å². The first kappa shape index (κ1) is 12.5. The molecule has 3 nitrogen and oxygen atoms in total. The summed E-state index contributed by atoms with van der Waals surface area (Å²) < 4.78 is 0. The van der Waals surface area contributed by atoms with Gasteiger partial charge in [-0.3, -0.25) is 4.79 Å². The molecular formula is C16H22N2O. The second-order valence-electron chi connectivity index (χ2n) is 5.97. The first-order valence-corrected chi connectivity index (χ1v) is 7.28. The van der Waals surface area contributed by atoms with Gasteiger partial charge in [0.1, 0.15) is 0 Å². The van der Waals surface area contributed by atoms with Crippen molar-refractivity contribution in [2.45, 2.75) is 38.6 Å². The van der Waals surface area contributed by atoms with Crippen LogP contribution in [0.2, 0.25) is 0 Å². The maximum Gasteiger partial charge on any atom is 0.253 e. The smallest absolute Gasteiger partial charge is 0.253 e. The lowest BCUT2D eigenvalue weighted by Crippen LogP contribution is -2.38. The molecule has 2 fully saturated rings. The van der Waals surface area contributed by atoms with E-state index in [-0.39, 0.29) is 5.91 Å². The Kier molecular flexibility index (Phi) is 3.21. The normalized spacial score (nSPS) is 18.5. The lowest BCUT2D eigenvalue weighted by molar-refractivity contribution is 0.0927. The van der Waals surface area contributed by atoms with Crippen molar-refractivity contribution in [3.8, 4) is 0 Å². The molecule has 0 atom stereocenters. The van der Waals surface area contributed by atoms with Crippen LogP contribution < -0.4 is 10.6 Å².